The van der Waals surface area contributed by atoms with Crippen molar-refractivity contribution in [1.82, 2.24) is 5.32 Å². The molecule has 2 aromatic carbocycles. The Morgan fingerprint density at radius 2 is 2.03 bits per heavy atom. The van der Waals surface area contributed by atoms with Crippen LogP contribution in [0.25, 0.3) is 11.3 Å². The molecule has 0 aliphatic heterocycles. The van der Waals surface area contributed by atoms with Crippen LogP contribution in [0.5, 0.6) is 5.75 Å². The lowest BCUT2D eigenvalue weighted by atomic mass is 10.1. The summed E-state index contributed by atoms with van der Waals surface area (Å²) < 4.78 is 11.3. The lowest BCUT2D eigenvalue weighted by molar-refractivity contribution is 0.0977. The quantitative estimate of drug-likeness (QED) is 0.433. The number of halogens is 2. The van der Waals surface area contributed by atoms with E-state index in [1.54, 1.807) is 55.6 Å². The van der Waals surface area contributed by atoms with E-state index in [9.17, 15) is 4.79 Å². The van der Waals surface area contributed by atoms with Crippen LogP contribution in [0.4, 0.5) is 5.69 Å². The maximum absolute atomic E-state index is 12.4. The van der Waals surface area contributed by atoms with Crippen molar-refractivity contribution in [2.24, 2.45) is 0 Å². The molecule has 0 aliphatic rings. The minimum absolute atomic E-state index is 0.0940. The average molecular weight is 496 g/mol. The van der Waals surface area contributed by atoms with E-state index < -0.39 is 0 Å². The van der Waals surface area contributed by atoms with Gasteiger partial charge in [0.05, 0.1) is 22.3 Å². The third-order valence-corrected chi connectivity index (χ3v) is 5.11. The molecule has 150 valence electrons. The molecular formula is C20H16BrClN2O4S. The summed E-state index contributed by atoms with van der Waals surface area (Å²) >= 11 is 14.8. The van der Waals surface area contributed by atoms with E-state index in [2.05, 4.69) is 26.6 Å². The predicted octanol–water partition coefficient (Wildman–Crippen LogP) is 4.99. The van der Waals surface area contributed by atoms with Gasteiger partial charge in [-0.15, -0.1) is 0 Å². The number of anilines is 1. The Kier molecular flexibility index (Phi) is 6.92. The van der Waals surface area contributed by atoms with E-state index in [4.69, 9.17) is 38.1 Å². The molecule has 6 nitrogen and oxygen atoms in total. The van der Waals surface area contributed by atoms with Gasteiger partial charge in [-0.05, 0) is 76.7 Å². The number of hydrogen-bond donors (Lipinski definition) is 3. The first-order valence-corrected chi connectivity index (χ1v) is 9.94. The van der Waals surface area contributed by atoms with Gasteiger partial charge in [-0.2, -0.15) is 0 Å². The number of thiocarbonyl (C=S) groups is 1. The molecule has 0 saturated carbocycles. The summed E-state index contributed by atoms with van der Waals surface area (Å²) in [4.78, 5) is 12.4. The van der Waals surface area contributed by atoms with E-state index in [1.165, 1.54) is 0 Å². The molecule has 1 amide bonds. The maximum Gasteiger partial charge on any atom is 0.257 e. The third kappa shape index (κ3) is 5.16. The van der Waals surface area contributed by atoms with Crippen LogP contribution >= 0.6 is 39.7 Å². The molecule has 3 rings (SSSR count). The van der Waals surface area contributed by atoms with Crippen molar-refractivity contribution in [2.45, 2.75) is 6.61 Å². The van der Waals surface area contributed by atoms with Gasteiger partial charge in [-0.25, -0.2) is 0 Å². The average Bonchev–Trinajstić information content (AvgIpc) is 3.18. The van der Waals surface area contributed by atoms with Crippen LogP contribution in [0.3, 0.4) is 0 Å². The van der Waals surface area contributed by atoms with Crippen LogP contribution < -0.4 is 15.4 Å². The van der Waals surface area contributed by atoms with Crippen LogP contribution in [0.15, 0.2) is 57.4 Å². The van der Waals surface area contributed by atoms with Crippen molar-refractivity contribution in [3.63, 3.8) is 0 Å². The standard InChI is InChI=1S/C20H16BrClN2O4S/c1-27-18-6-3-12(8-14(18)21)19(26)24-20(29)23-16-9-11(2-5-15(16)22)17-7-4-13(10-25)28-17/h2-9,25H,10H2,1H3,(H2,23,24,26,29). The molecule has 0 bridgehead atoms. The topological polar surface area (TPSA) is 83.7 Å². The van der Waals surface area contributed by atoms with Crippen LogP contribution in [-0.2, 0) is 6.61 Å². The van der Waals surface area contributed by atoms with Crippen molar-refractivity contribution in [2.75, 3.05) is 12.4 Å². The van der Waals surface area contributed by atoms with E-state index >= 15 is 0 Å². The Labute approximate surface area is 185 Å². The molecule has 0 fully saturated rings. The molecule has 1 heterocycles. The number of nitrogens with one attached hydrogen (secondary N) is 2. The minimum atomic E-state index is -0.378. The Bertz CT molecular complexity index is 1070. The molecule has 29 heavy (non-hydrogen) atoms. The molecule has 0 aliphatic carbocycles. The first-order valence-electron chi connectivity index (χ1n) is 8.36. The summed E-state index contributed by atoms with van der Waals surface area (Å²) in [6.07, 6.45) is 0. The first kappa shape index (κ1) is 21.3. The molecule has 3 aromatic rings. The van der Waals surface area contributed by atoms with Crippen molar-refractivity contribution in [1.29, 1.82) is 0 Å². The zero-order valence-electron chi connectivity index (χ0n) is 15.2. The Balaban J connectivity index is 1.72. The van der Waals surface area contributed by atoms with Gasteiger partial charge in [0.2, 0.25) is 0 Å². The molecule has 1 aromatic heterocycles. The number of rotatable bonds is 5. The fourth-order valence-corrected chi connectivity index (χ4v) is 3.44. The second-order valence-electron chi connectivity index (χ2n) is 5.88. The second kappa shape index (κ2) is 9.41. The summed E-state index contributed by atoms with van der Waals surface area (Å²) in [5, 5.41) is 15.2. The van der Waals surface area contributed by atoms with Gasteiger partial charge in [0.25, 0.3) is 5.91 Å². The maximum atomic E-state index is 12.4. The highest BCUT2D eigenvalue weighted by molar-refractivity contribution is 9.10. The number of amides is 1. The Morgan fingerprint density at radius 1 is 1.24 bits per heavy atom. The highest BCUT2D eigenvalue weighted by Gasteiger charge is 2.13. The number of furan rings is 1. The minimum Gasteiger partial charge on any atom is -0.496 e. The van der Waals surface area contributed by atoms with Crippen molar-refractivity contribution < 1.29 is 19.1 Å². The van der Waals surface area contributed by atoms with Gasteiger partial charge in [0.15, 0.2) is 5.11 Å². The van der Waals surface area contributed by atoms with Gasteiger partial charge >= 0.3 is 0 Å². The first-order chi connectivity index (χ1) is 13.9. The van der Waals surface area contributed by atoms with Gasteiger partial charge in [0, 0.05) is 11.1 Å². The normalized spacial score (nSPS) is 10.5. The number of aliphatic hydroxyl groups is 1. The van der Waals surface area contributed by atoms with E-state index in [1.807, 2.05) is 0 Å². The molecule has 0 spiro atoms. The number of methoxy groups -OCH3 is 1. The van der Waals surface area contributed by atoms with E-state index in [-0.39, 0.29) is 17.6 Å². The van der Waals surface area contributed by atoms with Crippen LogP contribution in [0.1, 0.15) is 16.1 Å². The number of hydrogen-bond acceptors (Lipinski definition) is 5. The molecule has 0 atom stereocenters. The summed E-state index contributed by atoms with van der Waals surface area (Å²) in [5.74, 6) is 1.27. The second-order valence-corrected chi connectivity index (χ2v) is 7.55. The third-order valence-electron chi connectivity index (χ3n) is 3.96. The van der Waals surface area contributed by atoms with Gasteiger partial charge in [-0.3, -0.25) is 10.1 Å². The predicted molar refractivity (Wildman–Crippen MR) is 119 cm³/mol. The van der Waals surface area contributed by atoms with Gasteiger partial charge < -0.3 is 19.6 Å². The number of carbonyl (C=O) groups excluding carboxylic acids is 1. The number of ether oxygens (including phenoxy) is 1. The lowest BCUT2D eigenvalue weighted by Crippen LogP contribution is -2.34. The number of aliphatic hydroxyl groups excluding tert-OH is 1. The smallest absolute Gasteiger partial charge is 0.257 e. The van der Waals surface area contributed by atoms with Crippen LogP contribution in [0, 0.1) is 0 Å². The molecule has 0 radical (unpaired) electrons. The van der Waals surface area contributed by atoms with Crippen LogP contribution in [-0.4, -0.2) is 23.2 Å². The fourth-order valence-electron chi connectivity index (χ4n) is 2.53. The lowest BCUT2D eigenvalue weighted by Gasteiger charge is -2.12. The molecule has 3 N–H and O–H groups in total. The molecular weight excluding hydrogens is 480 g/mol. The zero-order chi connectivity index (χ0) is 21.0. The van der Waals surface area contributed by atoms with Gasteiger partial charge in [0.1, 0.15) is 23.9 Å². The largest absolute Gasteiger partial charge is 0.496 e. The number of carbonyl (C=O) groups is 1. The molecule has 0 saturated heterocycles. The van der Waals surface area contributed by atoms with Crippen LogP contribution in [0.2, 0.25) is 5.02 Å². The SMILES string of the molecule is COc1ccc(C(=O)NC(=S)Nc2cc(-c3ccc(CO)o3)ccc2Cl)cc1Br. The highest BCUT2D eigenvalue weighted by Crippen LogP contribution is 2.30. The van der Waals surface area contributed by atoms with Crippen molar-refractivity contribution in [3.05, 3.63) is 69.3 Å². The van der Waals surface area contributed by atoms with Crippen molar-refractivity contribution in [3.8, 4) is 17.1 Å². The van der Waals surface area contributed by atoms with E-state index in [0.717, 1.165) is 5.56 Å². The zero-order valence-corrected chi connectivity index (χ0v) is 18.3. The fraction of sp³-hybridized carbons (Fsp3) is 0.100. The monoisotopic (exact) mass is 494 g/mol. The van der Waals surface area contributed by atoms with Crippen molar-refractivity contribution >= 4 is 56.5 Å². The highest BCUT2D eigenvalue weighted by atomic mass is 79.9. The van der Waals surface area contributed by atoms with Gasteiger partial charge in [-0.1, -0.05) is 11.6 Å². The Morgan fingerprint density at radius 3 is 2.69 bits per heavy atom. The summed E-state index contributed by atoms with van der Waals surface area (Å²) in [5.41, 5.74) is 1.66. The number of benzene rings is 2. The summed E-state index contributed by atoms with van der Waals surface area (Å²) in [6.45, 7) is -0.184. The summed E-state index contributed by atoms with van der Waals surface area (Å²) in [6, 6.07) is 13.6. The Hall–Kier alpha value is -2.39. The molecule has 9 heteroatoms. The summed E-state index contributed by atoms with van der Waals surface area (Å²) in [7, 11) is 1.55. The van der Waals surface area contributed by atoms with E-state index in [0.29, 0.717) is 38.0 Å². The molecule has 0 unspecified atom stereocenters.